The summed E-state index contributed by atoms with van der Waals surface area (Å²) < 4.78 is 31.9. The number of anilines is 1. The molecule has 2 rings (SSSR count). The third kappa shape index (κ3) is 3.88. The molecule has 0 amide bonds. The Morgan fingerprint density at radius 1 is 1.10 bits per heavy atom. The highest BCUT2D eigenvalue weighted by molar-refractivity contribution is 7.92. The van der Waals surface area contributed by atoms with Gasteiger partial charge in [-0.15, -0.1) is 0 Å². The third-order valence-electron chi connectivity index (χ3n) is 2.66. The summed E-state index contributed by atoms with van der Waals surface area (Å²) in [6.07, 6.45) is 0. The van der Waals surface area contributed by atoms with Crippen LogP contribution in [0, 0.1) is 0 Å². The van der Waals surface area contributed by atoms with Gasteiger partial charge in [-0.25, -0.2) is 8.42 Å². The first-order chi connectivity index (χ1) is 10.0. The van der Waals surface area contributed by atoms with Crippen LogP contribution in [0.2, 0.25) is 0 Å². The molecule has 0 bridgehead atoms. The number of aliphatic imine (C=N–C) groups is 1. The van der Waals surface area contributed by atoms with Gasteiger partial charge >= 0.3 is 0 Å². The SMILES string of the molecule is COc1ccc(NS(=O)(=O)c2ccc(N=C=S)cc2)cc1. The van der Waals surface area contributed by atoms with Crippen molar-refractivity contribution in [2.75, 3.05) is 11.8 Å². The second-order valence-corrected chi connectivity index (χ2v) is 5.90. The van der Waals surface area contributed by atoms with E-state index in [0.29, 0.717) is 17.1 Å². The van der Waals surface area contributed by atoms with Crippen LogP contribution in [0.5, 0.6) is 5.75 Å². The molecular formula is C14H12N2O3S2. The Morgan fingerprint density at radius 3 is 2.24 bits per heavy atom. The number of hydrogen-bond acceptors (Lipinski definition) is 5. The van der Waals surface area contributed by atoms with Crippen molar-refractivity contribution >= 4 is 38.8 Å². The van der Waals surface area contributed by atoms with Crippen LogP contribution >= 0.6 is 12.2 Å². The Bertz CT molecular complexity index is 763. The maximum atomic E-state index is 12.2. The fourth-order valence-corrected chi connectivity index (χ4v) is 2.79. The zero-order valence-corrected chi connectivity index (χ0v) is 12.7. The molecule has 0 aliphatic carbocycles. The minimum atomic E-state index is -3.64. The van der Waals surface area contributed by atoms with Gasteiger partial charge in [0.15, 0.2) is 0 Å². The molecular weight excluding hydrogens is 308 g/mol. The summed E-state index contributed by atoms with van der Waals surface area (Å²) in [5.41, 5.74) is 1.00. The molecule has 21 heavy (non-hydrogen) atoms. The molecule has 0 saturated carbocycles. The highest BCUT2D eigenvalue weighted by Gasteiger charge is 2.13. The summed E-state index contributed by atoms with van der Waals surface area (Å²) >= 11 is 4.49. The highest BCUT2D eigenvalue weighted by atomic mass is 32.2. The first-order valence-electron chi connectivity index (χ1n) is 5.90. The standard InChI is InChI=1S/C14H12N2O3S2/c1-19-13-6-2-12(3-7-13)16-21(17,18)14-8-4-11(5-9-14)15-10-20/h2-9,16H,1H3. The normalized spacial score (nSPS) is 10.5. The number of isothiocyanates is 1. The molecule has 0 aromatic heterocycles. The molecule has 7 heteroatoms. The first kappa shape index (κ1) is 15.2. The second-order valence-electron chi connectivity index (χ2n) is 4.03. The number of benzene rings is 2. The Kier molecular flexibility index (Phi) is 4.70. The molecule has 108 valence electrons. The van der Waals surface area contributed by atoms with E-state index in [9.17, 15) is 8.42 Å². The monoisotopic (exact) mass is 320 g/mol. The molecule has 0 heterocycles. The van der Waals surface area contributed by atoms with Crippen LogP contribution in [0.4, 0.5) is 11.4 Å². The fraction of sp³-hybridized carbons (Fsp3) is 0.0714. The van der Waals surface area contributed by atoms with E-state index < -0.39 is 10.0 Å². The first-order valence-corrected chi connectivity index (χ1v) is 7.79. The van der Waals surface area contributed by atoms with E-state index in [4.69, 9.17) is 4.74 Å². The Balaban J connectivity index is 2.22. The van der Waals surface area contributed by atoms with E-state index in [-0.39, 0.29) is 4.90 Å². The molecule has 0 aliphatic rings. The molecule has 1 N–H and O–H groups in total. The average Bonchev–Trinajstić information content (AvgIpc) is 2.48. The van der Waals surface area contributed by atoms with Crippen LogP contribution < -0.4 is 9.46 Å². The van der Waals surface area contributed by atoms with Crippen molar-refractivity contribution in [2.24, 2.45) is 4.99 Å². The lowest BCUT2D eigenvalue weighted by molar-refractivity contribution is 0.415. The molecule has 0 aliphatic heterocycles. The maximum absolute atomic E-state index is 12.2. The van der Waals surface area contributed by atoms with E-state index in [1.54, 1.807) is 43.5 Å². The molecule has 0 spiro atoms. The smallest absolute Gasteiger partial charge is 0.261 e. The van der Waals surface area contributed by atoms with Gasteiger partial charge in [-0.1, -0.05) is 0 Å². The zero-order valence-electron chi connectivity index (χ0n) is 11.1. The van der Waals surface area contributed by atoms with Gasteiger partial charge in [-0.2, -0.15) is 4.99 Å². The number of methoxy groups -OCH3 is 1. The lowest BCUT2D eigenvalue weighted by Gasteiger charge is -2.08. The maximum Gasteiger partial charge on any atom is 0.261 e. The molecule has 5 nitrogen and oxygen atoms in total. The van der Waals surface area contributed by atoms with E-state index in [1.807, 2.05) is 0 Å². The van der Waals surface area contributed by atoms with Crippen molar-refractivity contribution in [3.05, 3.63) is 48.5 Å². The topological polar surface area (TPSA) is 67.8 Å². The highest BCUT2D eigenvalue weighted by Crippen LogP contribution is 2.21. The van der Waals surface area contributed by atoms with Gasteiger partial charge in [0.25, 0.3) is 10.0 Å². The van der Waals surface area contributed by atoms with Gasteiger partial charge in [0.05, 0.1) is 22.9 Å². The predicted octanol–water partition coefficient (Wildman–Crippen LogP) is 3.23. The van der Waals surface area contributed by atoms with Gasteiger partial charge < -0.3 is 4.74 Å². The number of sulfonamides is 1. The lowest BCUT2D eigenvalue weighted by atomic mass is 10.3. The van der Waals surface area contributed by atoms with Gasteiger partial charge in [-0.05, 0) is 60.7 Å². The summed E-state index contributed by atoms with van der Waals surface area (Å²) in [6, 6.07) is 12.6. The van der Waals surface area contributed by atoms with Crippen molar-refractivity contribution in [1.29, 1.82) is 0 Å². The molecule has 0 saturated heterocycles. The molecule has 2 aromatic carbocycles. The quantitative estimate of drug-likeness (QED) is 0.678. The van der Waals surface area contributed by atoms with Crippen molar-refractivity contribution in [3.63, 3.8) is 0 Å². The van der Waals surface area contributed by atoms with Crippen LogP contribution in [0.15, 0.2) is 58.4 Å². The molecule has 2 aromatic rings. The molecule has 0 fully saturated rings. The zero-order chi connectivity index (χ0) is 15.3. The number of thiocarbonyl (C=S) groups is 1. The summed E-state index contributed by atoms with van der Waals surface area (Å²) in [7, 11) is -2.10. The van der Waals surface area contributed by atoms with Gasteiger partial charge in [0.2, 0.25) is 0 Å². The minimum Gasteiger partial charge on any atom is -0.497 e. The van der Waals surface area contributed by atoms with Crippen LogP contribution in [-0.2, 0) is 10.0 Å². The van der Waals surface area contributed by atoms with Gasteiger partial charge in [-0.3, -0.25) is 4.72 Å². The van der Waals surface area contributed by atoms with Crippen LogP contribution in [0.3, 0.4) is 0 Å². The second kappa shape index (κ2) is 6.49. The number of nitrogens with one attached hydrogen (secondary N) is 1. The Morgan fingerprint density at radius 2 is 1.71 bits per heavy atom. The van der Waals surface area contributed by atoms with E-state index >= 15 is 0 Å². The Hall–Kier alpha value is -2.21. The number of nitrogens with zero attached hydrogens (tertiary/aromatic N) is 1. The predicted molar refractivity (Wildman–Crippen MR) is 84.9 cm³/mol. The molecule has 0 atom stereocenters. The van der Waals surface area contributed by atoms with E-state index in [0.717, 1.165) is 0 Å². The Labute approximate surface area is 128 Å². The molecule has 0 radical (unpaired) electrons. The fourth-order valence-electron chi connectivity index (χ4n) is 1.63. The summed E-state index contributed by atoms with van der Waals surface area (Å²) in [5, 5.41) is 2.22. The molecule has 0 unspecified atom stereocenters. The third-order valence-corrected chi connectivity index (χ3v) is 4.15. The van der Waals surface area contributed by atoms with Crippen molar-refractivity contribution < 1.29 is 13.2 Å². The largest absolute Gasteiger partial charge is 0.497 e. The van der Waals surface area contributed by atoms with Crippen LogP contribution in [0.1, 0.15) is 0 Å². The van der Waals surface area contributed by atoms with Gasteiger partial charge in [0.1, 0.15) is 5.75 Å². The lowest BCUT2D eigenvalue weighted by Crippen LogP contribution is -2.12. The number of ether oxygens (including phenoxy) is 1. The summed E-state index contributed by atoms with van der Waals surface area (Å²) in [6.45, 7) is 0. The minimum absolute atomic E-state index is 0.140. The van der Waals surface area contributed by atoms with Crippen molar-refractivity contribution in [3.8, 4) is 5.75 Å². The summed E-state index contributed by atoms with van der Waals surface area (Å²) in [5.74, 6) is 0.653. The van der Waals surface area contributed by atoms with E-state index in [1.165, 1.54) is 12.1 Å². The van der Waals surface area contributed by atoms with E-state index in [2.05, 4.69) is 27.1 Å². The van der Waals surface area contributed by atoms with Crippen molar-refractivity contribution in [1.82, 2.24) is 0 Å². The number of rotatable bonds is 5. The van der Waals surface area contributed by atoms with Crippen molar-refractivity contribution in [2.45, 2.75) is 4.90 Å². The summed E-state index contributed by atoms with van der Waals surface area (Å²) in [4.78, 5) is 3.91. The van der Waals surface area contributed by atoms with Crippen LogP contribution in [0.25, 0.3) is 0 Å². The number of hydrogen-bond donors (Lipinski definition) is 1. The van der Waals surface area contributed by atoms with Crippen LogP contribution in [-0.4, -0.2) is 20.7 Å². The average molecular weight is 320 g/mol. The van der Waals surface area contributed by atoms with Gasteiger partial charge in [0, 0.05) is 5.69 Å².